The Hall–Kier alpha value is -1.92. The molecule has 1 unspecified atom stereocenters. The quantitative estimate of drug-likeness (QED) is 0.891. The highest BCUT2D eigenvalue weighted by Gasteiger charge is 2.26. The fraction of sp³-hybridized carbons (Fsp3) is 0.529. The van der Waals surface area contributed by atoms with Gasteiger partial charge in [0, 0.05) is 19.1 Å². The highest BCUT2D eigenvalue weighted by atomic mass is 16.3. The molecule has 6 nitrogen and oxygen atoms in total. The van der Waals surface area contributed by atoms with Gasteiger partial charge >= 0.3 is 0 Å². The number of aliphatic hydroxyl groups is 1. The molecule has 1 amide bonds. The van der Waals surface area contributed by atoms with E-state index in [1.54, 1.807) is 0 Å². The molecule has 1 atom stereocenters. The first-order valence-electron chi connectivity index (χ1n) is 8.39. The van der Waals surface area contributed by atoms with Crippen molar-refractivity contribution in [3.05, 3.63) is 29.6 Å². The first-order chi connectivity index (χ1) is 11.3. The molecule has 2 aliphatic rings. The Morgan fingerprint density at radius 3 is 3.09 bits per heavy atom. The molecule has 1 fully saturated rings. The molecule has 122 valence electrons. The molecule has 1 saturated heterocycles. The van der Waals surface area contributed by atoms with Gasteiger partial charge in [0.15, 0.2) is 0 Å². The highest BCUT2D eigenvalue weighted by molar-refractivity contribution is 6.05. The Labute approximate surface area is 135 Å². The van der Waals surface area contributed by atoms with E-state index >= 15 is 0 Å². The summed E-state index contributed by atoms with van der Waals surface area (Å²) in [7, 11) is 0. The maximum absolute atomic E-state index is 12.2. The Balaban J connectivity index is 1.74. The van der Waals surface area contributed by atoms with Crippen LogP contribution < -0.4 is 5.32 Å². The van der Waals surface area contributed by atoms with E-state index in [2.05, 4.69) is 14.8 Å². The number of para-hydroxylation sites is 1. The second-order valence-corrected chi connectivity index (χ2v) is 6.41. The molecular weight excluding hydrogens is 292 g/mol. The zero-order chi connectivity index (χ0) is 15.8. The third-order valence-corrected chi connectivity index (χ3v) is 5.02. The van der Waals surface area contributed by atoms with E-state index in [-0.39, 0.29) is 18.6 Å². The van der Waals surface area contributed by atoms with Crippen LogP contribution in [-0.2, 0) is 13.1 Å². The molecule has 0 aliphatic carbocycles. The lowest BCUT2D eigenvalue weighted by atomic mass is 10.0. The Morgan fingerprint density at radius 2 is 2.22 bits per heavy atom. The number of piperidine rings is 1. The number of hydrogen-bond acceptors (Lipinski definition) is 4. The molecule has 2 aliphatic heterocycles. The largest absolute Gasteiger partial charge is 0.395 e. The highest BCUT2D eigenvalue weighted by Crippen LogP contribution is 2.25. The van der Waals surface area contributed by atoms with Crippen molar-refractivity contribution in [3.63, 3.8) is 0 Å². The van der Waals surface area contributed by atoms with E-state index in [9.17, 15) is 9.90 Å². The minimum absolute atomic E-state index is 0.0213. The van der Waals surface area contributed by atoms with Crippen LogP contribution in [0.2, 0.25) is 0 Å². The smallest absolute Gasteiger partial charge is 0.253 e. The van der Waals surface area contributed by atoms with Crippen LogP contribution in [0.3, 0.4) is 0 Å². The zero-order valence-corrected chi connectivity index (χ0v) is 13.2. The number of aliphatic hydroxyl groups excluding tert-OH is 1. The molecule has 0 saturated carbocycles. The molecule has 3 heterocycles. The van der Waals surface area contributed by atoms with Crippen molar-refractivity contribution in [2.75, 3.05) is 19.7 Å². The number of rotatable bonds is 3. The molecule has 2 aromatic rings. The topological polar surface area (TPSA) is 70.4 Å². The first kappa shape index (κ1) is 14.7. The number of nitrogens with zero attached hydrogens (tertiary/aromatic N) is 3. The van der Waals surface area contributed by atoms with Gasteiger partial charge in [-0.25, -0.2) is 4.98 Å². The molecule has 1 aromatic carbocycles. The molecule has 1 aromatic heterocycles. The van der Waals surface area contributed by atoms with Gasteiger partial charge in [-0.1, -0.05) is 12.5 Å². The van der Waals surface area contributed by atoms with Gasteiger partial charge in [0.05, 0.1) is 29.7 Å². The van der Waals surface area contributed by atoms with E-state index in [0.29, 0.717) is 12.1 Å². The van der Waals surface area contributed by atoms with Gasteiger partial charge < -0.3 is 15.0 Å². The van der Waals surface area contributed by atoms with Gasteiger partial charge in [0.25, 0.3) is 5.91 Å². The van der Waals surface area contributed by atoms with E-state index in [0.717, 1.165) is 42.9 Å². The van der Waals surface area contributed by atoms with Crippen LogP contribution in [0.5, 0.6) is 0 Å². The van der Waals surface area contributed by atoms with Crippen molar-refractivity contribution < 1.29 is 9.90 Å². The van der Waals surface area contributed by atoms with E-state index in [1.165, 1.54) is 12.8 Å². The van der Waals surface area contributed by atoms with Crippen LogP contribution in [0, 0.1) is 0 Å². The number of hydrogen-bond donors (Lipinski definition) is 2. The van der Waals surface area contributed by atoms with Gasteiger partial charge in [0.1, 0.15) is 5.82 Å². The average Bonchev–Trinajstić information content (AvgIpc) is 2.82. The molecule has 6 heteroatoms. The first-order valence-corrected chi connectivity index (χ1v) is 8.39. The number of aromatic nitrogens is 2. The number of imidazole rings is 1. The second kappa shape index (κ2) is 5.94. The predicted molar refractivity (Wildman–Crippen MR) is 87.2 cm³/mol. The van der Waals surface area contributed by atoms with Crippen LogP contribution >= 0.6 is 0 Å². The van der Waals surface area contributed by atoms with Crippen molar-refractivity contribution in [2.45, 2.75) is 38.4 Å². The molecule has 0 radical (unpaired) electrons. The van der Waals surface area contributed by atoms with Crippen LogP contribution in [0.4, 0.5) is 0 Å². The summed E-state index contributed by atoms with van der Waals surface area (Å²) in [5, 5.41) is 12.6. The molecule has 0 spiro atoms. The lowest BCUT2D eigenvalue weighted by Crippen LogP contribution is -2.41. The Morgan fingerprint density at radius 1 is 1.30 bits per heavy atom. The molecular formula is C17H22N4O2. The third-order valence-electron chi connectivity index (χ3n) is 5.02. The monoisotopic (exact) mass is 314 g/mol. The SMILES string of the molecule is O=C1NCCn2c(CN3CCCCC3CO)nc3cccc1c32. The molecule has 2 N–H and O–H groups in total. The van der Waals surface area contributed by atoms with Gasteiger partial charge in [-0.15, -0.1) is 0 Å². The average molecular weight is 314 g/mol. The van der Waals surface area contributed by atoms with Gasteiger partial charge in [0.2, 0.25) is 0 Å². The van der Waals surface area contributed by atoms with Crippen molar-refractivity contribution in [1.29, 1.82) is 0 Å². The lowest BCUT2D eigenvalue weighted by Gasteiger charge is -2.34. The Kier molecular flexibility index (Phi) is 3.79. The standard InChI is InChI=1S/C17H22N4O2/c22-11-12-4-1-2-8-20(12)10-15-19-14-6-3-5-13-16(14)21(15)9-7-18-17(13)23/h3,5-6,12,22H,1-2,4,7-11H2,(H,18,23). The summed E-state index contributed by atoms with van der Waals surface area (Å²) in [6.45, 7) is 3.29. The summed E-state index contributed by atoms with van der Waals surface area (Å²) < 4.78 is 2.17. The maximum Gasteiger partial charge on any atom is 0.253 e. The van der Waals surface area contributed by atoms with Crippen molar-refractivity contribution >= 4 is 16.9 Å². The fourth-order valence-electron chi connectivity index (χ4n) is 3.81. The summed E-state index contributed by atoms with van der Waals surface area (Å²) >= 11 is 0. The Bertz CT molecular complexity index is 740. The summed E-state index contributed by atoms with van der Waals surface area (Å²) in [4.78, 5) is 19.3. The summed E-state index contributed by atoms with van der Waals surface area (Å²) in [5.41, 5.74) is 2.53. The van der Waals surface area contributed by atoms with E-state index < -0.39 is 0 Å². The van der Waals surface area contributed by atoms with Crippen LogP contribution in [0.25, 0.3) is 11.0 Å². The third kappa shape index (κ3) is 2.52. The normalized spacial score (nSPS) is 22.1. The number of nitrogens with one attached hydrogen (secondary N) is 1. The van der Waals surface area contributed by atoms with Crippen LogP contribution in [0.1, 0.15) is 35.4 Å². The molecule has 23 heavy (non-hydrogen) atoms. The van der Waals surface area contributed by atoms with E-state index in [1.807, 2.05) is 18.2 Å². The van der Waals surface area contributed by atoms with Gasteiger partial charge in [-0.05, 0) is 31.5 Å². The van der Waals surface area contributed by atoms with Crippen molar-refractivity contribution in [1.82, 2.24) is 19.8 Å². The number of amides is 1. The molecule has 0 bridgehead atoms. The minimum Gasteiger partial charge on any atom is -0.395 e. The van der Waals surface area contributed by atoms with Crippen LogP contribution in [0.15, 0.2) is 18.2 Å². The number of carbonyl (C=O) groups is 1. The number of likely N-dealkylation sites (tertiary alicyclic amines) is 1. The lowest BCUT2D eigenvalue weighted by molar-refractivity contribution is 0.0810. The fourth-order valence-corrected chi connectivity index (χ4v) is 3.81. The van der Waals surface area contributed by atoms with Gasteiger partial charge in [-0.3, -0.25) is 9.69 Å². The van der Waals surface area contributed by atoms with Gasteiger partial charge in [-0.2, -0.15) is 0 Å². The number of benzene rings is 1. The van der Waals surface area contributed by atoms with Crippen molar-refractivity contribution in [2.24, 2.45) is 0 Å². The minimum atomic E-state index is -0.0213. The van der Waals surface area contributed by atoms with Crippen molar-refractivity contribution in [3.8, 4) is 0 Å². The molecule has 4 rings (SSSR count). The summed E-state index contributed by atoms with van der Waals surface area (Å²) in [5.74, 6) is 0.969. The predicted octanol–water partition coefficient (Wildman–Crippen LogP) is 1.13. The summed E-state index contributed by atoms with van der Waals surface area (Å²) in [6, 6.07) is 5.95. The zero-order valence-electron chi connectivity index (χ0n) is 13.2. The second-order valence-electron chi connectivity index (χ2n) is 6.41. The number of carbonyl (C=O) groups excluding carboxylic acids is 1. The van der Waals surface area contributed by atoms with Crippen LogP contribution in [-0.4, -0.2) is 51.2 Å². The summed E-state index contributed by atoms with van der Waals surface area (Å²) in [6.07, 6.45) is 3.39. The maximum atomic E-state index is 12.2. The van der Waals surface area contributed by atoms with E-state index in [4.69, 9.17) is 4.98 Å².